The zero-order valence-corrected chi connectivity index (χ0v) is 17.7. The molecule has 1 aliphatic rings. The first-order valence-corrected chi connectivity index (χ1v) is 10.0. The Kier molecular flexibility index (Phi) is 6.00. The number of nitrogens with zero attached hydrogens (tertiary/aromatic N) is 2. The summed E-state index contributed by atoms with van der Waals surface area (Å²) in [6, 6.07) is 19.1. The SMILES string of the molecule is Cc1cccc(COc2ccccc2/C=C2\N=C(c3cc([N+](=O)[O-])ccc3Cl)OC2=O)c1. The van der Waals surface area contributed by atoms with Crippen LogP contribution < -0.4 is 4.74 Å². The van der Waals surface area contributed by atoms with Gasteiger partial charge in [0.25, 0.3) is 5.69 Å². The van der Waals surface area contributed by atoms with Gasteiger partial charge in [-0.05, 0) is 30.7 Å². The highest BCUT2D eigenvalue weighted by Gasteiger charge is 2.27. The molecule has 0 saturated carbocycles. The van der Waals surface area contributed by atoms with Gasteiger partial charge >= 0.3 is 5.97 Å². The van der Waals surface area contributed by atoms with Gasteiger partial charge in [0, 0.05) is 17.7 Å². The largest absolute Gasteiger partial charge is 0.488 e. The average molecular weight is 449 g/mol. The number of para-hydroxylation sites is 1. The molecule has 7 nitrogen and oxygen atoms in total. The van der Waals surface area contributed by atoms with Gasteiger partial charge in [0.05, 0.1) is 15.5 Å². The fourth-order valence-corrected chi connectivity index (χ4v) is 3.35. The van der Waals surface area contributed by atoms with Gasteiger partial charge in [-0.15, -0.1) is 0 Å². The average Bonchev–Trinajstić information content (AvgIpc) is 3.13. The summed E-state index contributed by atoms with van der Waals surface area (Å²) in [7, 11) is 0. The normalized spacial score (nSPS) is 14.2. The number of cyclic esters (lactones) is 1. The molecule has 3 aromatic rings. The van der Waals surface area contributed by atoms with E-state index in [0.717, 1.165) is 11.1 Å². The lowest BCUT2D eigenvalue weighted by atomic mass is 10.1. The fourth-order valence-electron chi connectivity index (χ4n) is 3.16. The van der Waals surface area contributed by atoms with Crippen LogP contribution in [0.5, 0.6) is 5.75 Å². The van der Waals surface area contributed by atoms with Crippen molar-refractivity contribution in [2.45, 2.75) is 13.5 Å². The molecule has 0 atom stereocenters. The molecule has 3 aromatic carbocycles. The van der Waals surface area contributed by atoms with Crippen molar-refractivity contribution in [3.05, 3.63) is 110 Å². The third kappa shape index (κ3) is 4.68. The maximum Gasteiger partial charge on any atom is 0.363 e. The number of hydrogen-bond donors (Lipinski definition) is 0. The maximum absolute atomic E-state index is 12.4. The van der Waals surface area contributed by atoms with Gasteiger partial charge in [-0.2, -0.15) is 0 Å². The van der Waals surface area contributed by atoms with E-state index in [9.17, 15) is 14.9 Å². The second-order valence-electron chi connectivity index (χ2n) is 7.07. The molecule has 0 aromatic heterocycles. The number of carbonyl (C=O) groups is 1. The van der Waals surface area contributed by atoms with Crippen LogP contribution in [-0.2, 0) is 16.1 Å². The van der Waals surface area contributed by atoms with Crippen LogP contribution in [0.25, 0.3) is 6.08 Å². The van der Waals surface area contributed by atoms with Gasteiger partial charge in [0.1, 0.15) is 12.4 Å². The van der Waals surface area contributed by atoms with Crippen LogP contribution in [0.3, 0.4) is 0 Å². The molecule has 0 bridgehead atoms. The Balaban J connectivity index is 1.62. The van der Waals surface area contributed by atoms with Crippen molar-refractivity contribution < 1.29 is 19.2 Å². The highest BCUT2D eigenvalue weighted by atomic mass is 35.5. The molecule has 0 radical (unpaired) electrons. The summed E-state index contributed by atoms with van der Waals surface area (Å²) in [6.45, 7) is 2.38. The van der Waals surface area contributed by atoms with Crippen LogP contribution in [-0.4, -0.2) is 16.8 Å². The molecule has 1 heterocycles. The Morgan fingerprint density at radius 3 is 2.72 bits per heavy atom. The molecule has 0 aliphatic carbocycles. The van der Waals surface area contributed by atoms with Gasteiger partial charge in [-0.3, -0.25) is 10.1 Å². The van der Waals surface area contributed by atoms with Gasteiger partial charge in [0.15, 0.2) is 5.70 Å². The van der Waals surface area contributed by atoms with Gasteiger partial charge in [-0.25, -0.2) is 9.79 Å². The minimum Gasteiger partial charge on any atom is -0.488 e. The first-order chi connectivity index (χ1) is 15.4. The first-order valence-electron chi connectivity index (χ1n) is 9.65. The standard InChI is InChI=1S/C24H17ClN2O5/c1-15-5-4-6-16(11-15)14-31-22-8-3-2-7-17(22)12-21-24(28)32-23(26-21)19-13-18(27(29)30)9-10-20(19)25/h2-13H,14H2,1H3/b21-12-. The number of non-ortho nitro benzene ring substituents is 1. The lowest BCUT2D eigenvalue weighted by molar-refractivity contribution is -0.384. The Hall–Kier alpha value is -3.97. The van der Waals surface area contributed by atoms with Crippen LogP contribution in [0.15, 0.2) is 77.4 Å². The number of rotatable bonds is 6. The van der Waals surface area contributed by atoms with E-state index in [1.165, 1.54) is 18.2 Å². The second kappa shape index (κ2) is 9.03. The van der Waals surface area contributed by atoms with Crippen molar-refractivity contribution in [1.29, 1.82) is 0 Å². The number of aliphatic imine (C=N–C) groups is 1. The predicted molar refractivity (Wildman–Crippen MR) is 121 cm³/mol. The van der Waals surface area contributed by atoms with Crippen molar-refractivity contribution >= 4 is 35.2 Å². The van der Waals surface area contributed by atoms with Gasteiger partial charge in [-0.1, -0.05) is 59.6 Å². The molecule has 160 valence electrons. The minimum atomic E-state index is -0.684. The molecule has 0 saturated heterocycles. The van der Waals surface area contributed by atoms with E-state index in [-0.39, 0.29) is 27.9 Å². The molecule has 4 rings (SSSR count). The summed E-state index contributed by atoms with van der Waals surface area (Å²) >= 11 is 6.14. The predicted octanol–water partition coefficient (Wildman–Crippen LogP) is 5.48. The van der Waals surface area contributed by atoms with Crippen LogP contribution >= 0.6 is 11.6 Å². The smallest absolute Gasteiger partial charge is 0.363 e. The molecule has 0 unspecified atom stereocenters. The number of ether oxygens (including phenoxy) is 2. The van der Waals surface area contributed by atoms with Crippen LogP contribution in [0, 0.1) is 17.0 Å². The van der Waals surface area contributed by atoms with Gasteiger partial charge in [0.2, 0.25) is 5.90 Å². The molecular formula is C24H17ClN2O5. The summed E-state index contributed by atoms with van der Waals surface area (Å²) < 4.78 is 11.2. The number of aryl methyl sites for hydroxylation is 1. The molecule has 32 heavy (non-hydrogen) atoms. The van der Waals surface area contributed by atoms with Crippen LogP contribution in [0.2, 0.25) is 5.02 Å². The van der Waals surface area contributed by atoms with E-state index in [1.807, 2.05) is 43.3 Å². The highest BCUT2D eigenvalue weighted by Crippen LogP contribution is 2.29. The number of nitro benzene ring substituents is 1. The number of benzene rings is 3. The molecule has 0 spiro atoms. The second-order valence-corrected chi connectivity index (χ2v) is 7.48. The van der Waals surface area contributed by atoms with Crippen molar-refractivity contribution in [3.63, 3.8) is 0 Å². The van der Waals surface area contributed by atoms with Crippen LogP contribution in [0.4, 0.5) is 5.69 Å². The number of carbonyl (C=O) groups excluding carboxylic acids is 1. The summed E-state index contributed by atoms with van der Waals surface area (Å²) in [6.07, 6.45) is 1.55. The Bertz CT molecular complexity index is 1280. The number of esters is 1. The number of hydrogen-bond acceptors (Lipinski definition) is 6. The lowest BCUT2D eigenvalue weighted by Gasteiger charge is -2.09. The third-order valence-corrected chi connectivity index (χ3v) is 5.03. The third-order valence-electron chi connectivity index (χ3n) is 4.70. The lowest BCUT2D eigenvalue weighted by Crippen LogP contribution is -2.06. The highest BCUT2D eigenvalue weighted by molar-refractivity contribution is 6.34. The van der Waals surface area contributed by atoms with E-state index < -0.39 is 10.9 Å². The van der Waals surface area contributed by atoms with E-state index in [4.69, 9.17) is 21.1 Å². The van der Waals surface area contributed by atoms with Crippen molar-refractivity contribution in [2.24, 2.45) is 4.99 Å². The van der Waals surface area contributed by atoms with E-state index in [0.29, 0.717) is 17.9 Å². The first kappa shape index (κ1) is 21.3. The van der Waals surface area contributed by atoms with Crippen molar-refractivity contribution in [2.75, 3.05) is 0 Å². The molecule has 0 N–H and O–H groups in total. The minimum absolute atomic E-state index is 0.0363. The van der Waals surface area contributed by atoms with Crippen molar-refractivity contribution in [3.8, 4) is 5.75 Å². The topological polar surface area (TPSA) is 91.0 Å². The zero-order valence-electron chi connectivity index (χ0n) is 16.9. The fraction of sp³-hybridized carbons (Fsp3) is 0.0833. The van der Waals surface area contributed by atoms with Gasteiger partial charge < -0.3 is 9.47 Å². The van der Waals surface area contributed by atoms with Crippen LogP contribution in [0.1, 0.15) is 22.3 Å². The summed E-state index contributed by atoms with van der Waals surface area (Å²) in [5.74, 6) is -0.199. The summed E-state index contributed by atoms with van der Waals surface area (Å²) in [5, 5.41) is 11.2. The number of halogens is 1. The Morgan fingerprint density at radius 1 is 1.12 bits per heavy atom. The molecule has 8 heteroatoms. The molecule has 0 fully saturated rings. The molecule has 0 amide bonds. The summed E-state index contributed by atoms with van der Waals surface area (Å²) in [4.78, 5) is 27.1. The maximum atomic E-state index is 12.4. The summed E-state index contributed by atoms with van der Waals surface area (Å²) in [5.41, 5.74) is 2.82. The molecule has 1 aliphatic heterocycles. The number of nitro groups is 1. The quantitative estimate of drug-likeness (QED) is 0.215. The molecular weight excluding hydrogens is 432 g/mol. The Morgan fingerprint density at radius 2 is 1.94 bits per heavy atom. The Labute approximate surface area is 188 Å². The monoisotopic (exact) mass is 448 g/mol. The zero-order chi connectivity index (χ0) is 22.7. The van der Waals surface area contributed by atoms with E-state index in [2.05, 4.69) is 4.99 Å². The van der Waals surface area contributed by atoms with Crippen molar-refractivity contribution in [1.82, 2.24) is 0 Å². The van der Waals surface area contributed by atoms with E-state index in [1.54, 1.807) is 18.2 Å². The van der Waals surface area contributed by atoms with E-state index >= 15 is 0 Å².